The lowest BCUT2D eigenvalue weighted by Gasteiger charge is -2.36. The van der Waals surface area contributed by atoms with Crippen LogP contribution in [0.1, 0.15) is 31.2 Å². The number of nitrogens with two attached hydrogens (primary N) is 1. The molecule has 2 aliphatic heterocycles. The maximum atomic E-state index is 6.14. The van der Waals surface area contributed by atoms with Gasteiger partial charge in [-0.3, -0.25) is 0 Å². The van der Waals surface area contributed by atoms with Crippen molar-refractivity contribution in [1.82, 2.24) is 4.90 Å². The van der Waals surface area contributed by atoms with Gasteiger partial charge in [-0.1, -0.05) is 6.07 Å². The maximum absolute atomic E-state index is 6.14. The molecule has 1 aromatic rings. The van der Waals surface area contributed by atoms with Crippen molar-refractivity contribution in [3.63, 3.8) is 0 Å². The largest absolute Gasteiger partial charge is 0.397 e. The number of nitrogens with zero attached hydrogens (tertiary/aromatic N) is 2. The van der Waals surface area contributed by atoms with Crippen LogP contribution in [0.2, 0.25) is 0 Å². The van der Waals surface area contributed by atoms with Crippen LogP contribution in [0, 0.1) is 12.8 Å². The second-order valence-corrected chi connectivity index (χ2v) is 6.50. The van der Waals surface area contributed by atoms with Gasteiger partial charge in [-0.15, -0.1) is 0 Å². The van der Waals surface area contributed by atoms with Crippen LogP contribution in [0.4, 0.5) is 11.4 Å². The van der Waals surface area contributed by atoms with Crippen LogP contribution in [0.5, 0.6) is 0 Å². The quantitative estimate of drug-likeness (QED) is 0.860. The first kappa shape index (κ1) is 13.7. The van der Waals surface area contributed by atoms with E-state index in [1.807, 2.05) is 6.07 Å². The lowest BCUT2D eigenvalue weighted by atomic mass is 9.95. The average molecular weight is 273 g/mol. The minimum absolute atomic E-state index is 0.885. The van der Waals surface area contributed by atoms with E-state index in [0.717, 1.165) is 24.7 Å². The fourth-order valence-corrected chi connectivity index (χ4v) is 3.61. The number of rotatable bonds is 3. The van der Waals surface area contributed by atoms with E-state index in [1.165, 1.54) is 56.6 Å². The standard InChI is InChI=1S/C17H27N3/c1-14-4-5-16(18)17(12-14)20-10-6-15(7-11-20)13-19-8-2-3-9-19/h4-5,12,15H,2-3,6-11,13,18H2,1H3. The fourth-order valence-electron chi connectivity index (χ4n) is 3.61. The van der Waals surface area contributed by atoms with Crippen molar-refractivity contribution in [2.24, 2.45) is 5.92 Å². The Morgan fingerprint density at radius 3 is 2.50 bits per heavy atom. The van der Waals surface area contributed by atoms with E-state index >= 15 is 0 Å². The van der Waals surface area contributed by atoms with Crippen molar-refractivity contribution in [1.29, 1.82) is 0 Å². The third-order valence-corrected chi connectivity index (χ3v) is 4.86. The van der Waals surface area contributed by atoms with Crippen LogP contribution in [0.3, 0.4) is 0 Å². The molecule has 2 heterocycles. The zero-order chi connectivity index (χ0) is 13.9. The highest BCUT2D eigenvalue weighted by molar-refractivity contribution is 5.68. The Bertz CT molecular complexity index is 444. The summed E-state index contributed by atoms with van der Waals surface area (Å²) in [7, 11) is 0. The molecular formula is C17H27N3. The molecule has 3 heteroatoms. The maximum Gasteiger partial charge on any atom is 0.0602 e. The highest BCUT2D eigenvalue weighted by atomic mass is 15.2. The zero-order valence-corrected chi connectivity index (χ0v) is 12.6. The van der Waals surface area contributed by atoms with Gasteiger partial charge in [-0.05, 0) is 69.3 Å². The molecule has 0 unspecified atom stereocenters. The third kappa shape index (κ3) is 3.09. The minimum Gasteiger partial charge on any atom is -0.397 e. The van der Waals surface area contributed by atoms with Gasteiger partial charge in [0, 0.05) is 19.6 Å². The average Bonchev–Trinajstić information content (AvgIpc) is 2.95. The highest BCUT2D eigenvalue weighted by Crippen LogP contribution is 2.29. The smallest absolute Gasteiger partial charge is 0.0602 e. The van der Waals surface area contributed by atoms with Crippen molar-refractivity contribution in [2.45, 2.75) is 32.6 Å². The monoisotopic (exact) mass is 273 g/mol. The van der Waals surface area contributed by atoms with Gasteiger partial charge in [0.1, 0.15) is 0 Å². The first-order chi connectivity index (χ1) is 9.72. The SMILES string of the molecule is Cc1ccc(N)c(N2CCC(CN3CCCC3)CC2)c1. The van der Waals surface area contributed by atoms with Crippen molar-refractivity contribution >= 4 is 11.4 Å². The van der Waals surface area contributed by atoms with Crippen LogP contribution < -0.4 is 10.6 Å². The summed E-state index contributed by atoms with van der Waals surface area (Å²) in [6.07, 6.45) is 5.42. The summed E-state index contributed by atoms with van der Waals surface area (Å²) in [6.45, 7) is 8.43. The molecule has 3 rings (SSSR count). The van der Waals surface area contributed by atoms with Crippen molar-refractivity contribution in [3.8, 4) is 0 Å². The van der Waals surface area contributed by atoms with Gasteiger partial charge in [0.25, 0.3) is 0 Å². The number of benzene rings is 1. The van der Waals surface area contributed by atoms with Crippen LogP contribution in [-0.2, 0) is 0 Å². The van der Waals surface area contributed by atoms with E-state index < -0.39 is 0 Å². The first-order valence-corrected chi connectivity index (χ1v) is 8.06. The summed E-state index contributed by atoms with van der Waals surface area (Å²) < 4.78 is 0. The van der Waals surface area contributed by atoms with E-state index in [9.17, 15) is 0 Å². The van der Waals surface area contributed by atoms with Gasteiger partial charge in [0.2, 0.25) is 0 Å². The molecule has 3 nitrogen and oxygen atoms in total. The Hall–Kier alpha value is -1.22. The zero-order valence-electron chi connectivity index (χ0n) is 12.6. The summed E-state index contributed by atoms with van der Waals surface area (Å²) >= 11 is 0. The van der Waals surface area contributed by atoms with Gasteiger partial charge in [-0.2, -0.15) is 0 Å². The molecule has 0 bridgehead atoms. The highest BCUT2D eigenvalue weighted by Gasteiger charge is 2.23. The normalized spacial score (nSPS) is 21.6. The molecule has 1 aromatic carbocycles. The summed E-state index contributed by atoms with van der Waals surface area (Å²) in [5.74, 6) is 0.885. The van der Waals surface area contributed by atoms with Gasteiger partial charge in [0.15, 0.2) is 0 Å². The van der Waals surface area contributed by atoms with Crippen molar-refractivity contribution in [2.75, 3.05) is 43.4 Å². The van der Waals surface area contributed by atoms with Crippen LogP contribution >= 0.6 is 0 Å². The molecule has 0 amide bonds. The van der Waals surface area contributed by atoms with E-state index in [4.69, 9.17) is 5.73 Å². The van der Waals surface area contributed by atoms with Crippen LogP contribution in [0.25, 0.3) is 0 Å². The molecule has 110 valence electrons. The topological polar surface area (TPSA) is 32.5 Å². The predicted octanol–water partition coefficient (Wildman–Crippen LogP) is 2.89. The van der Waals surface area contributed by atoms with Crippen LogP contribution in [-0.4, -0.2) is 37.6 Å². The van der Waals surface area contributed by atoms with E-state index in [0.29, 0.717) is 0 Å². The molecule has 0 aromatic heterocycles. The number of hydrogen-bond donors (Lipinski definition) is 1. The Morgan fingerprint density at radius 1 is 1.10 bits per heavy atom. The van der Waals surface area contributed by atoms with E-state index in [2.05, 4.69) is 28.9 Å². The van der Waals surface area contributed by atoms with Crippen molar-refractivity contribution in [3.05, 3.63) is 23.8 Å². The molecule has 20 heavy (non-hydrogen) atoms. The van der Waals surface area contributed by atoms with E-state index in [1.54, 1.807) is 0 Å². The summed E-state index contributed by atoms with van der Waals surface area (Å²) in [5.41, 5.74) is 9.60. The second kappa shape index (κ2) is 6.04. The summed E-state index contributed by atoms with van der Waals surface area (Å²) in [4.78, 5) is 5.13. The molecule has 0 saturated carbocycles. The predicted molar refractivity (Wildman–Crippen MR) is 86.2 cm³/mol. The van der Waals surface area contributed by atoms with E-state index in [-0.39, 0.29) is 0 Å². The second-order valence-electron chi connectivity index (χ2n) is 6.50. The number of nitrogen functional groups attached to an aromatic ring is 1. The van der Waals surface area contributed by atoms with Crippen molar-refractivity contribution < 1.29 is 0 Å². The summed E-state index contributed by atoms with van der Waals surface area (Å²) in [6, 6.07) is 6.37. The number of piperidine rings is 1. The number of aryl methyl sites for hydroxylation is 1. The lowest BCUT2D eigenvalue weighted by Crippen LogP contribution is -2.38. The number of hydrogen-bond acceptors (Lipinski definition) is 3. The number of anilines is 2. The molecule has 0 aliphatic carbocycles. The van der Waals surface area contributed by atoms with Gasteiger partial charge in [-0.25, -0.2) is 0 Å². The molecule has 0 spiro atoms. The number of likely N-dealkylation sites (tertiary alicyclic amines) is 1. The molecule has 2 fully saturated rings. The third-order valence-electron chi connectivity index (χ3n) is 4.86. The molecule has 2 N–H and O–H groups in total. The summed E-state index contributed by atoms with van der Waals surface area (Å²) in [5, 5.41) is 0. The van der Waals surface area contributed by atoms with Gasteiger partial charge < -0.3 is 15.5 Å². The van der Waals surface area contributed by atoms with Crippen LogP contribution in [0.15, 0.2) is 18.2 Å². The Kier molecular flexibility index (Phi) is 4.16. The molecule has 0 radical (unpaired) electrons. The Morgan fingerprint density at radius 2 is 1.80 bits per heavy atom. The fraction of sp³-hybridized carbons (Fsp3) is 0.647. The molecule has 2 saturated heterocycles. The first-order valence-electron chi connectivity index (χ1n) is 8.06. The molecule has 0 atom stereocenters. The molecular weight excluding hydrogens is 246 g/mol. The van der Waals surface area contributed by atoms with Gasteiger partial charge in [0.05, 0.1) is 11.4 Å². The Balaban J connectivity index is 1.56. The lowest BCUT2D eigenvalue weighted by molar-refractivity contribution is 0.249. The minimum atomic E-state index is 0.885. The van der Waals surface area contributed by atoms with Gasteiger partial charge >= 0.3 is 0 Å². The Labute approximate surface area is 122 Å². The molecule has 2 aliphatic rings.